The van der Waals surface area contributed by atoms with Gasteiger partial charge in [0.05, 0.1) is 12.1 Å². The number of ether oxygens (including phenoxy) is 1. The minimum atomic E-state index is 0. The molecule has 0 spiro atoms. The molecule has 0 saturated heterocycles. The Bertz CT molecular complexity index is 902. The second kappa shape index (κ2) is 10.6. The van der Waals surface area contributed by atoms with Crippen molar-refractivity contribution in [2.75, 3.05) is 25.6 Å². The summed E-state index contributed by atoms with van der Waals surface area (Å²) in [5, 5.41) is 7.99. The zero-order valence-electron chi connectivity index (χ0n) is 15.9. The molecular weight excluding hydrogens is 395 g/mol. The molecule has 0 bridgehead atoms. The quantitative estimate of drug-likeness (QED) is 0.527. The highest BCUT2D eigenvalue weighted by atomic mass is 35.5. The first-order valence-corrected chi connectivity index (χ1v) is 9.14. The number of hydrogen-bond donors (Lipinski definition) is 2. The fourth-order valence-electron chi connectivity index (χ4n) is 3.04. The summed E-state index contributed by atoms with van der Waals surface area (Å²) in [7, 11) is 1.72. The van der Waals surface area contributed by atoms with E-state index in [2.05, 4.69) is 63.1 Å². The van der Waals surface area contributed by atoms with E-state index in [1.54, 1.807) is 13.4 Å². The predicted octanol–water partition coefficient (Wildman–Crippen LogP) is 4.45. The first-order chi connectivity index (χ1) is 12.8. The van der Waals surface area contributed by atoms with Crippen LogP contribution in [0.1, 0.15) is 18.4 Å². The van der Waals surface area contributed by atoms with Gasteiger partial charge in [0.15, 0.2) is 0 Å². The number of fused-ring (bicyclic) bond motifs is 1. The lowest BCUT2D eigenvalue weighted by Gasteiger charge is -2.10. The van der Waals surface area contributed by atoms with Crippen LogP contribution >= 0.6 is 24.8 Å². The smallest absolute Gasteiger partial charge is 0.137 e. The molecule has 2 N–H and O–H groups in total. The SMILES string of the molecule is COCCNCc1cccc(-c2ccc3ncnc(NC4CC4)c3c2)c1.Cl.Cl. The highest BCUT2D eigenvalue weighted by molar-refractivity contribution is 5.92. The van der Waals surface area contributed by atoms with Crippen LogP contribution in [-0.2, 0) is 11.3 Å². The van der Waals surface area contributed by atoms with Crippen molar-refractivity contribution >= 4 is 41.5 Å². The Morgan fingerprint density at radius 2 is 1.86 bits per heavy atom. The van der Waals surface area contributed by atoms with Gasteiger partial charge in [-0.05, 0) is 47.7 Å². The van der Waals surface area contributed by atoms with Gasteiger partial charge in [-0.25, -0.2) is 9.97 Å². The van der Waals surface area contributed by atoms with Crippen molar-refractivity contribution in [1.29, 1.82) is 0 Å². The van der Waals surface area contributed by atoms with E-state index in [1.165, 1.54) is 29.5 Å². The summed E-state index contributed by atoms with van der Waals surface area (Å²) in [6, 6.07) is 15.6. The molecule has 1 aliphatic rings. The lowest BCUT2D eigenvalue weighted by molar-refractivity contribution is 0.199. The van der Waals surface area contributed by atoms with Crippen molar-refractivity contribution in [1.82, 2.24) is 15.3 Å². The van der Waals surface area contributed by atoms with Gasteiger partial charge in [-0.2, -0.15) is 0 Å². The molecule has 3 aromatic rings. The van der Waals surface area contributed by atoms with Crippen LogP contribution in [0, 0.1) is 0 Å². The molecule has 7 heteroatoms. The van der Waals surface area contributed by atoms with Gasteiger partial charge in [-0.15, -0.1) is 24.8 Å². The predicted molar refractivity (Wildman–Crippen MR) is 120 cm³/mol. The zero-order chi connectivity index (χ0) is 17.8. The standard InChI is InChI=1S/C21H24N4O.2ClH/c1-26-10-9-22-13-15-3-2-4-16(11-15)17-5-8-20-19(12-17)21(24-14-23-20)25-18-6-7-18;;/h2-5,8,11-12,14,18,22H,6-7,9-10,13H2,1H3,(H,23,24,25);2*1H. The fraction of sp³-hybridized carbons (Fsp3) is 0.333. The van der Waals surface area contributed by atoms with E-state index in [-0.39, 0.29) is 24.8 Å². The van der Waals surface area contributed by atoms with E-state index in [0.717, 1.165) is 36.4 Å². The van der Waals surface area contributed by atoms with Gasteiger partial charge in [0.1, 0.15) is 12.1 Å². The van der Waals surface area contributed by atoms with Gasteiger partial charge in [0.2, 0.25) is 0 Å². The van der Waals surface area contributed by atoms with Crippen LogP contribution in [0.3, 0.4) is 0 Å². The second-order valence-electron chi connectivity index (χ2n) is 6.74. The molecule has 5 nitrogen and oxygen atoms in total. The van der Waals surface area contributed by atoms with Gasteiger partial charge in [0.25, 0.3) is 0 Å². The minimum Gasteiger partial charge on any atom is -0.383 e. The number of anilines is 1. The topological polar surface area (TPSA) is 59.1 Å². The van der Waals surface area contributed by atoms with Crippen molar-refractivity contribution in [3.05, 3.63) is 54.4 Å². The van der Waals surface area contributed by atoms with Crippen LogP contribution in [0.15, 0.2) is 48.8 Å². The molecule has 0 unspecified atom stereocenters. The summed E-state index contributed by atoms with van der Waals surface area (Å²) in [4.78, 5) is 8.86. The van der Waals surface area contributed by atoms with Crippen molar-refractivity contribution < 1.29 is 4.74 Å². The molecule has 1 aromatic heterocycles. The molecule has 0 aliphatic heterocycles. The Balaban J connectivity index is 0.00000140. The first kappa shape index (κ1) is 22.4. The van der Waals surface area contributed by atoms with E-state index < -0.39 is 0 Å². The summed E-state index contributed by atoms with van der Waals surface area (Å²) < 4.78 is 5.08. The van der Waals surface area contributed by atoms with E-state index >= 15 is 0 Å². The van der Waals surface area contributed by atoms with E-state index in [9.17, 15) is 0 Å². The monoisotopic (exact) mass is 420 g/mol. The molecule has 0 atom stereocenters. The molecule has 2 aromatic carbocycles. The molecule has 0 amide bonds. The Morgan fingerprint density at radius 1 is 1.04 bits per heavy atom. The molecular formula is C21H26Cl2N4O. The maximum Gasteiger partial charge on any atom is 0.137 e. The lowest BCUT2D eigenvalue weighted by atomic mass is 10.0. The van der Waals surface area contributed by atoms with E-state index in [4.69, 9.17) is 4.74 Å². The summed E-state index contributed by atoms with van der Waals surface area (Å²) in [6.07, 6.45) is 4.09. The third-order valence-electron chi connectivity index (χ3n) is 4.63. The second-order valence-corrected chi connectivity index (χ2v) is 6.74. The number of methoxy groups -OCH3 is 1. The molecule has 1 aliphatic carbocycles. The number of hydrogen-bond acceptors (Lipinski definition) is 5. The van der Waals surface area contributed by atoms with E-state index in [1.807, 2.05) is 0 Å². The zero-order valence-corrected chi connectivity index (χ0v) is 17.5. The van der Waals surface area contributed by atoms with Crippen LogP contribution in [-0.4, -0.2) is 36.3 Å². The average molecular weight is 421 g/mol. The molecule has 1 fully saturated rings. The van der Waals surface area contributed by atoms with Crippen molar-refractivity contribution in [2.24, 2.45) is 0 Å². The number of rotatable bonds is 8. The number of aromatic nitrogens is 2. The third-order valence-corrected chi connectivity index (χ3v) is 4.63. The molecule has 1 saturated carbocycles. The van der Waals surface area contributed by atoms with Gasteiger partial charge in [0, 0.05) is 31.6 Å². The summed E-state index contributed by atoms with van der Waals surface area (Å²) in [5.74, 6) is 0.941. The van der Waals surface area contributed by atoms with Crippen molar-refractivity contribution in [3.63, 3.8) is 0 Å². The average Bonchev–Trinajstić information content (AvgIpc) is 3.50. The third kappa shape index (κ3) is 5.55. The normalized spacial score (nSPS) is 12.9. The van der Waals surface area contributed by atoms with Crippen LogP contribution < -0.4 is 10.6 Å². The highest BCUT2D eigenvalue weighted by Gasteiger charge is 2.22. The Kier molecular flexibility index (Phi) is 8.45. The maximum absolute atomic E-state index is 5.08. The van der Waals surface area contributed by atoms with Crippen LogP contribution in [0.2, 0.25) is 0 Å². The number of benzene rings is 2. The Morgan fingerprint density at radius 3 is 2.64 bits per heavy atom. The Labute approximate surface area is 178 Å². The number of halogens is 2. The summed E-state index contributed by atoms with van der Waals surface area (Å²) in [5.41, 5.74) is 4.63. The van der Waals surface area contributed by atoms with Crippen molar-refractivity contribution in [2.45, 2.75) is 25.4 Å². The molecule has 28 heavy (non-hydrogen) atoms. The maximum atomic E-state index is 5.08. The minimum absolute atomic E-state index is 0. The van der Waals surface area contributed by atoms with Gasteiger partial charge >= 0.3 is 0 Å². The fourth-order valence-corrected chi connectivity index (χ4v) is 3.04. The molecule has 0 radical (unpaired) electrons. The van der Waals surface area contributed by atoms with Crippen LogP contribution in [0.4, 0.5) is 5.82 Å². The first-order valence-electron chi connectivity index (χ1n) is 9.14. The van der Waals surface area contributed by atoms with E-state index in [0.29, 0.717) is 6.04 Å². The van der Waals surface area contributed by atoms with Gasteiger partial charge < -0.3 is 15.4 Å². The molecule has 1 heterocycles. The van der Waals surface area contributed by atoms with Crippen LogP contribution in [0.5, 0.6) is 0 Å². The van der Waals surface area contributed by atoms with Gasteiger partial charge in [-0.1, -0.05) is 24.3 Å². The molecule has 4 rings (SSSR count). The largest absolute Gasteiger partial charge is 0.383 e. The number of nitrogens with zero attached hydrogens (tertiary/aromatic N) is 2. The lowest BCUT2D eigenvalue weighted by Crippen LogP contribution is -2.18. The van der Waals surface area contributed by atoms with Crippen molar-refractivity contribution in [3.8, 4) is 11.1 Å². The summed E-state index contributed by atoms with van der Waals surface area (Å²) in [6.45, 7) is 2.41. The Hall–Kier alpha value is -1.92. The van der Waals surface area contributed by atoms with Gasteiger partial charge in [-0.3, -0.25) is 0 Å². The van der Waals surface area contributed by atoms with Crippen LogP contribution in [0.25, 0.3) is 22.0 Å². The number of nitrogens with one attached hydrogen (secondary N) is 2. The highest BCUT2D eigenvalue weighted by Crippen LogP contribution is 2.30. The summed E-state index contributed by atoms with van der Waals surface area (Å²) >= 11 is 0. The molecule has 150 valence electrons.